The molecule has 154 valence electrons. The van der Waals surface area contributed by atoms with E-state index in [1.54, 1.807) is 34.6 Å². The fourth-order valence-electron chi connectivity index (χ4n) is 3.15. The number of thiophene rings is 1. The van der Waals surface area contributed by atoms with Crippen LogP contribution in [0.5, 0.6) is 5.75 Å². The van der Waals surface area contributed by atoms with E-state index in [-0.39, 0.29) is 5.91 Å². The molecular formula is C23H22N2O4S. The minimum Gasteiger partial charge on any atom is -0.489 e. The van der Waals surface area contributed by atoms with Gasteiger partial charge >= 0.3 is 0 Å². The van der Waals surface area contributed by atoms with Gasteiger partial charge in [-0.3, -0.25) is 4.79 Å². The molecule has 30 heavy (non-hydrogen) atoms. The Balaban J connectivity index is 1.51. The molecule has 1 amide bonds. The smallest absolute Gasteiger partial charge is 0.254 e. The molecule has 0 aliphatic heterocycles. The van der Waals surface area contributed by atoms with Gasteiger partial charge in [0.25, 0.3) is 5.91 Å². The Labute approximate surface area is 178 Å². The Kier molecular flexibility index (Phi) is 5.99. The largest absolute Gasteiger partial charge is 0.489 e. The number of hydrogen-bond donors (Lipinski definition) is 0. The highest BCUT2D eigenvalue weighted by atomic mass is 32.1. The van der Waals surface area contributed by atoms with Crippen molar-refractivity contribution in [3.8, 4) is 5.75 Å². The van der Waals surface area contributed by atoms with Crippen molar-refractivity contribution in [2.45, 2.75) is 33.5 Å². The molecule has 0 radical (unpaired) electrons. The molecule has 4 aromatic rings. The first kappa shape index (κ1) is 20.0. The molecular weight excluding hydrogens is 400 g/mol. The van der Waals surface area contributed by atoms with E-state index >= 15 is 0 Å². The number of carbonyl (C=O) groups excluding carboxylic acids is 1. The van der Waals surface area contributed by atoms with E-state index in [1.807, 2.05) is 55.6 Å². The normalized spacial score (nSPS) is 10.9. The lowest BCUT2D eigenvalue weighted by Crippen LogP contribution is -2.29. The number of rotatable bonds is 8. The van der Waals surface area contributed by atoms with E-state index in [0.29, 0.717) is 31.0 Å². The van der Waals surface area contributed by atoms with E-state index in [0.717, 1.165) is 27.7 Å². The Bertz CT molecular complexity index is 1040. The number of benzene rings is 1. The summed E-state index contributed by atoms with van der Waals surface area (Å²) in [5, 5.41) is 5.95. The molecule has 0 fully saturated rings. The van der Waals surface area contributed by atoms with Crippen LogP contribution < -0.4 is 4.74 Å². The van der Waals surface area contributed by atoms with Crippen LogP contribution in [0.3, 0.4) is 0 Å². The maximum atomic E-state index is 13.3. The van der Waals surface area contributed by atoms with Gasteiger partial charge in [-0.05, 0) is 55.6 Å². The van der Waals surface area contributed by atoms with Crippen LogP contribution in [0.25, 0.3) is 0 Å². The highest BCUT2D eigenvalue weighted by molar-refractivity contribution is 7.09. The summed E-state index contributed by atoms with van der Waals surface area (Å²) < 4.78 is 16.6. The van der Waals surface area contributed by atoms with Gasteiger partial charge in [-0.1, -0.05) is 17.3 Å². The van der Waals surface area contributed by atoms with Crippen molar-refractivity contribution in [1.82, 2.24) is 10.1 Å². The maximum Gasteiger partial charge on any atom is 0.254 e. The molecule has 0 unspecified atom stereocenters. The van der Waals surface area contributed by atoms with Gasteiger partial charge < -0.3 is 18.6 Å². The number of ether oxygens (including phenoxy) is 1. The zero-order chi connectivity index (χ0) is 20.9. The van der Waals surface area contributed by atoms with Crippen molar-refractivity contribution >= 4 is 17.2 Å². The molecule has 6 nitrogen and oxygen atoms in total. The lowest BCUT2D eigenvalue weighted by Gasteiger charge is -2.21. The van der Waals surface area contributed by atoms with Crippen molar-refractivity contribution in [3.63, 3.8) is 0 Å². The van der Waals surface area contributed by atoms with Gasteiger partial charge in [0, 0.05) is 10.4 Å². The first-order valence-corrected chi connectivity index (χ1v) is 10.5. The number of amides is 1. The summed E-state index contributed by atoms with van der Waals surface area (Å²) >= 11 is 1.62. The van der Waals surface area contributed by atoms with Gasteiger partial charge in [0.15, 0.2) is 0 Å². The third-order valence-electron chi connectivity index (χ3n) is 4.79. The predicted octanol–water partition coefficient (Wildman–Crippen LogP) is 5.37. The average molecular weight is 423 g/mol. The number of hydrogen-bond acceptors (Lipinski definition) is 6. The highest BCUT2D eigenvalue weighted by Gasteiger charge is 2.19. The Morgan fingerprint density at radius 2 is 2.03 bits per heavy atom. The van der Waals surface area contributed by atoms with Crippen LogP contribution in [0.2, 0.25) is 0 Å². The third-order valence-corrected chi connectivity index (χ3v) is 5.65. The molecule has 0 aliphatic carbocycles. The molecule has 3 aromatic heterocycles. The van der Waals surface area contributed by atoms with Gasteiger partial charge in [0.05, 0.1) is 30.6 Å². The van der Waals surface area contributed by atoms with Crippen LogP contribution in [-0.4, -0.2) is 16.0 Å². The Morgan fingerprint density at radius 3 is 2.73 bits per heavy atom. The fourth-order valence-corrected chi connectivity index (χ4v) is 3.87. The third kappa shape index (κ3) is 4.63. The van der Waals surface area contributed by atoms with Gasteiger partial charge in [0.1, 0.15) is 23.9 Å². The average Bonchev–Trinajstić information content (AvgIpc) is 3.51. The topological polar surface area (TPSA) is 68.7 Å². The molecule has 0 saturated carbocycles. The zero-order valence-corrected chi connectivity index (χ0v) is 17.6. The second-order valence-electron chi connectivity index (χ2n) is 6.94. The van der Waals surface area contributed by atoms with Gasteiger partial charge in [-0.2, -0.15) is 0 Å². The number of furan rings is 1. The molecule has 4 rings (SSSR count). The second-order valence-corrected chi connectivity index (χ2v) is 7.97. The minimum absolute atomic E-state index is 0.0809. The summed E-state index contributed by atoms with van der Waals surface area (Å²) in [6.45, 7) is 4.99. The number of aromatic nitrogens is 1. The number of nitrogens with zero attached hydrogens (tertiary/aromatic N) is 2. The van der Waals surface area contributed by atoms with E-state index < -0.39 is 0 Å². The lowest BCUT2D eigenvalue weighted by atomic mass is 10.1. The summed E-state index contributed by atoms with van der Waals surface area (Å²) in [4.78, 5) is 16.2. The monoisotopic (exact) mass is 422 g/mol. The number of carbonyl (C=O) groups is 1. The number of aryl methyl sites for hydroxylation is 2. The van der Waals surface area contributed by atoms with Crippen molar-refractivity contribution in [3.05, 3.63) is 93.4 Å². The van der Waals surface area contributed by atoms with Crippen molar-refractivity contribution < 1.29 is 18.5 Å². The van der Waals surface area contributed by atoms with Crippen LogP contribution in [0.15, 0.2) is 69.1 Å². The molecule has 0 spiro atoms. The molecule has 0 bridgehead atoms. The standard InChI is InChI=1S/C23H22N2O4S/c1-16-22(17(2)29-24-16)15-28-19-7-3-6-18(12-19)23(26)25(13-20-8-4-10-27-20)14-21-9-5-11-30-21/h3-12H,13-15H2,1-2H3. The second kappa shape index (κ2) is 9.00. The highest BCUT2D eigenvalue weighted by Crippen LogP contribution is 2.22. The van der Waals surface area contributed by atoms with Crippen LogP contribution >= 0.6 is 11.3 Å². The van der Waals surface area contributed by atoms with Crippen molar-refractivity contribution in [1.29, 1.82) is 0 Å². The Hall–Kier alpha value is -3.32. The Morgan fingerprint density at radius 1 is 1.13 bits per heavy atom. The first-order valence-electron chi connectivity index (χ1n) is 9.59. The molecule has 0 N–H and O–H groups in total. The van der Waals surface area contributed by atoms with E-state index in [4.69, 9.17) is 13.7 Å². The predicted molar refractivity (Wildman–Crippen MR) is 113 cm³/mol. The minimum atomic E-state index is -0.0809. The van der Waals surface area contributed by atoms with Gasteiger partial charge in [0.2, 0.25) is 0 Å². The molecule has 0 aliphatic rings. The maximum absolute atomic E-state index is 13.3. The summed E-state index contributed by atoms with van der Waals surface area (Å²) in [6.07, 6.45) is 1.62. The lowest BCUT2D eigenvalue weighted by molar-refractivity contribution is 0.0719. The molecule has 3 heterocycles. The molecule has 1 aromatic carbocycles. The van der Waals surface area contributed by atoms with Crippen molar-refractivity contribution in [2.24, 2.45) is 0 Å². The van der Waals surface area contributed by atoms with E-state index in [9.17, 15) is 4.79 Å². The molecule has 0 atom stereocenters. The SMILES string of the molecule is Cc1noc(C)c1COc1cccc(C(=O)N(Cc2ccco2)Cc2cccs2)c1. The van der Waals surface area contributed by atoms with Crippen molar-refractivity contribution in [2.75, 3.05) is 0 Å². The van der Waals surface area contributed by atoms with E-state index in [1.165, 1.54) is 0 Å². The van der Waals surface area contributed by atoms with E-state index in [2.05, 4.69) is 5.16 Å². The van der Waals surface area contributed by atoms with Crippen LogP contribution in [0.4, 0.5) is 0 Å². The summed E-state index contributed by atoms with van der Waals surface area (Å²) in [5.41, 5.74) is 2.29. The van der Waals surface area contributed by atoms with Crippen LogP contribution in [0, 0.1) is 13.8 Å². The summed E-state index contributed by atoms with van der Waals surface area (Å²) in [6, 6.07) is 14.9. The fraction of sp³-hybridized carbons (Fsp3) is 0.217. The quantitative estimate of drug-likeness (QED) is 0.382. The zero-order valence-electron chi connectivity index (χ0n) is 16.8. The van der Waals surface area contributed by atoms with Gasteiger partial charge in [-0.25, -0.2) is 0 Å². The molecule has 7 heteroatoms. The summed E-state index contributed by atoms with van der Waals surface area (Å²) in [7, 11) is 0. The van der Waals surface area contributed by atoms with Crippen LogP contribution in [-0.2, 0) is 19.7 Å². The molecule has 0 saturated heterocycles. The van der Waals surface area contributed by atoms with Gasteiger partial charge in [-0.15, -0.1) is 11.3 Å². The van der Waals surface area contributed by atoms with Crippen LogP contribution in [0.1, 0.15) is 38.0 Å². The first-order chi connectivity index (χ1) is 14.6. The summed E-state index contributed by atoms with van der Waals surface area (Å²) in [5.74, 6) is 2.02.